The Balaban J connectivity index is 1.78. The number of anilines is 1. The third-order valence-electron chi connectivity index (χ3n) is 2.68. The Kier molecular flexibility index (Phi) is 3.37. The first-order valence-electron chi connectivity index (χ1n) is 5.96. The second-order valence-corrected chi connectivity index (χ2v) is 6.22. The van der Waals surface area contributed by atoms with Gasteiger partial charge in [-0.05, 0) is 19.9 Å². The molecule has 3 heterocycles. The van der Waals surface area contributed by atoms with Crippen LogP contribution >= 0.6 is 22.7 Å². The van der Waals surface area contributed by atoms with Crippen molar-refractivity contribution in [2.75, 3.05) is 5.32 Å². The Bertz CT molecular complexity index is 756. The maximum absolute atomic E-state index is 12.1. The summed E-state index contributed by atoms with van der Waals surface area (Å²) < 4.78 is 0. The van der Waals surface area contributed by atoms with Crippen LogP contribution in [0, 0.1) is 13.8 Å². The molecule has 2 N–H and O–H groups in total. The van der Waals surface area contributed by atoms with E-state index in [-0.39, 0.29) is 5.91 Å². The smallest absolute Gasteiger partial charge is 0.273 e. The van der Waals surface area contributed by atoms with Gasteiger partial charge in [-0.15, -0.1) is 22.7 Å². The van der Waals surface area contributed by atoms with Crippen LogP contribution in [0.15, 0.2) is 23.0 Å². The van der Waals surface area contributed by atoms with Crippen LogP contribution in [0.25, 0.3) is 11.3 Å². The van der Waals surface area contributed by atoms with E-state index in [9.17, 15) is 4.79 Å². The third-order valence-corrected chi connectivity index (χ3v) is 4.33. The number of H-pyrrole nitrogens is 1. The highest BCUT2D eigenvalue weighted by atomic mass is 32.1. The molecule has 0 aliphatic rings. The molecule has 0 fully saturated rings. The lowest BCUT2D eigenvalue weighted by atomic mass is 10.2. The zero-order valence-corrected chi connectivity index (χ0v) is 12.6. The van der Waals surface area contributed by atoms with Crippen LogP contribution in [0.3, 0.4) is 0 Å². The number of amides is 1. The fourth-order valence-corrected chi connectivity index (χ4v) is 3.05. The Morgan fingerprint density at radius 3 is 2.75 bits per heavy atom. The first-order valence-corrected chi connectivity index (χ1v) is 7.72. The number of thiazole rings is 2. The molecule has 0 aliphatic carbocycles. The molecular weight excluding hydrogens is 292 g/mol. The Morgan fingerprint density at radius 1 is 1.25 bits per heavy atom. The van der Waals surface area contributed by atoms with Crippen molar-refractivity contribution in [3.05, 3.63) is 39.4 Å². The predicted molar refractivity (Wildman–Crippen MR) is 81.4 cm³/mol. The molecule has 0 aliphatic heterocycles. The van der Waals surface area contributed by atoms with Gasteiger partial charge in [0.25, 0.3) is 5.91 Å². The van der Waals surface area contributed by atoms with Gasteiger partial charge in [0.05, 0.1) is 16.4 Å². The summed E-state index contributed by atoms with van der Waals surface area (Å²) in [5.41, 5.74) is 3.19. The summed E-state index contributed by atoms with van der Waals surface area (Å²) in [6.07, 6.45) is 1.79. The van der Waals surface area contributed by atoms with E-state index in [0.29, 0.717) is 10.8 Å². The maximum atomic E-state index is 12.1. The van der Waals surface area contributed by atoms with E-state index in [0.717, 1.165) is 22.0 Å². The number of aromatic nitrogens is 3. The molecule has 5 nitrogen and oxygen atoms in total. The number of carbonyl (C=O) groups excluding carboxylic acids is 1. The standard InChI is InChI=1S/C13H12N4OS2/c1-7-5-20-13(15-7)17-12(18)10-3-9(4-14-10)11-6-19-8(2)16-11/h3-6,14H,1-2H3,(H,15,17,18). The van der Waals surface area contributed by atoms with Crippen molar-refractivity contribution in [2.45, 2.75) is 13.8 Å². The van der Waals surface area contributed by atoms with Gasteiger partial charge < -0.3 is 4.98 Å². The van der Waals surface area contributed by atoms with Crippen LogP contribution in [0.2, 0.25) is 0 Å². The minimum atomic E-state index is -0.197. The van der Waals surface area contributed by atoms with Gasteiger partial charge in [0.15, 0.2) is 5.13 Å². The van der Waals surface area contributed by atoms with Crippen LogP contribution < -0.4 is 5.32 Å². The SMILES string of the molecule is Cc1csc(NC(=O)c2cc(-c3csc(C)n3)c[nH]2)n1. The topological polar surface area (TPSA) is 70.7 Å². The molecule has 7 heteroatoms. The largest absolute Gasteiger partial charge is 0.357 e. The molecule has 0 radical (unpaired) electrons. The number of aryl methyl sites for hydroxylation is 2. The van der Waals surface area contributed by atoms with E-state index in [1.54, 1.807) is 23.6 Å². The van der Waals surface area contributed by atoms with Crippen molar-refractivity contribution < 1.29 is 4.79 Å². The first kappa shape index (κ1) is 13.0. The Hall–Kier alpha value is -1.99. The molecule has 3 aromatic rings. The van der Waals surface area contributed by atoms with E-state index in [1.807, 2.05) is 24.6 Å². The van der Waals surface area contributed by atoms with Crippen LogP contribution in [0.4, 0.5) is 5.13 Å². The van der Waals surface area contributed by atoms with Gasteiger partial charge in [-0.3, -0.25) is 10.1 Å². The number of nitrogens with zero attached hydrogens (tertiary/aromatic N) is 2. The summed E-state index contributed by atoms with van der Waals surface area (Å²) >= 11 is 3.00. The van der Waals surface area contributed by atoms with Gasteiger partial charge in [-0.1, -0.05) is 0 Å². The van der Waals surface area contributed by atoms with Crippen molar-refractivity contribution in [1.82, 2.24) is 15.0 Å². The highest BCUT2D eigenvalue weighted by molar-refractivity contribution is 7.14. The zero-order valence-electron chi connectivity index (χ0n) is 10.9. The summed E-state index contributed by atoms with van der Waals surface area (Å²) in [6, 6.07) is 1.80. The second-order valence-electron chi connectivity index (χ2n) is 4.30. The summed E-state index contributed by atoms with van der Waals surface area (Å²) in [4.78, 5) is 23.7. The zero-order chi connectivity index (χ0) is 14.1. The number of carbonyl (C=O) groups is 1. The second kappa shape index (κ2) is 5.18. The summed E-state index contributed by atoms with van der Waals surface area (Å²) in [5.74, 6) is -0.197. The Labute approximate surface area is 123 Å². The molecule has 0 aromatic carbocycles. The molecule has 0 bridgehead atoms. The highest BCUT2D eigenvalue weighted by Gasteiger charge is 2.12. The van der Waals surface area contributed by atoms with E-state index >= 15 is 0 Å². The number of nitrogens with one attached hydrogen (secondary N) is 2. The molecule has 102 valence electrons. The molecule has 0 unspecified atom stereocenters. The summed E-state index contributed by atoms with van der Waals surface area (Å²) in [6.45, 7) is 3.85. The van der Waals surface area contributed by atoms with Gasteiger partial charge in [0, 0.05) is 22.5 Å². The van der Waals surface area contributed by atoms with Crippen molar-refractivity contribution in [1.29, 1.82) is 0 Å². The van der Waals surface area contributed by atoms with Crippen LogP contribution in [0.1, 0.15) is 21.2 Å². The summed E-state index contributed by atoms with van der Waals surface area (Å²) in [5, 5.41) is 8.25. The average molecular weight is 304 g/mol. The van der Waals surface area contributed by atoms with Crippen LogP contribution in [0.5, 0.6) is 0 Å². The molecule has 0 atom stereocenters. The van der Waals surface area contributed by atoms with Crippen molar-refractivity contribution >= 4 is 33.7 Å². The maximum Gasteiger partial charge on any atom is 0.273 e. The number of hydrogen-bond acceptors (Lipinski definition) is 5. The lowest BCUT2D eigenvalue weighted by molar-refractivity contribution is 0.102. The average Bonchev–Trinajstić information content (AvgIpc) is 3.10. The molecule has 0 saturated carbocycles. The monoisotopic (exact) mass is 304 g/mol. The quantitative estimate of drug-likeness (QED) is 0.778. The van der Waals surface area contributed by atoms with Gasteiger partial charge >= 0.3 is 0 Å². The van der Waals surface area contributed by atoms with Crippen LogP contribution in [-0.2, 0) is 0 Å². The van der Waals surface area contributed by atoms with Crippen molar-refractivity contribution in [3.63, 3.8) is 0 Å². The molecule has 20 heavy (non-hydrogen) atoms. The molecule has 1 amide bonds. The van der Waals surface area contributed by atoms with Gasteiger partial charge in [-0.2, -0.15) is 0 Å². The van der Waals surface area contributed by atoms with E-state index in [1.165, 1.54) is 11.3 Å². The molecule has 3 aromatic heterocycles. The van der Waals surface area contributed by atoms with Crippen LogP contribution in [-0.4, -0.2) is 20.9 Å². The fourth-order valence-electron chi connectivity index (χ4n) is 1.75. The summed E-state index contributed by atoms with van der Waals surface area (Å²) in [7, 11) is 0. The lowest BCUT2D eigenvalue weighted by Crippen LogP contribution is -2.11. The lowest BCUT2D eigenvalue weighted by Gasteiger charge is -1.97. The minimum Gasteiger partial charge on any atom is -0.357 e. The Morgan fingerprint density at radius 2 is 2.10 bits per heavy atom. The van der Waals surface area contributed by atoms with Gasteiger partial charge in [-0.25, -0.2) is 9.97 Å². The van der Waals surface area contributed by atoms with Crippen molar-refractivity contribution in [2.24, 2.45) is 0 Å². The van der Waals surface area contributed by atoms with Crippen molar-refractivity contribution in [3.8, 4) is 11.3 Å². The third kappa shape index (κ3) is 2.63. The van der Waals surface area contributed by atoms with E-state index in [4.69, 9.17) is 0 Å². The highest BCUT2D eigenvalue weighted by Crippen LogP contribution is 2.23. The molecule has 3 rings (SSSR count). The molecule has 0 saturated heterocycles. The number of rotatable bonds is 3. The van der Waals surface area contributed by atoms with E-state index < -0.39 is 0 Å². The van der Waals surface area contributed by atoms with Gasteiger partial charge in [0.2, 0.25) is 0 Å². The number of hydrogen-bond donors (Lipinski definition) is 2. The van der Waals surface area contributed by atoms with E-state index in [2.05, 4.69) is 20.3 Å². The number of aromatic amines is 1. The first-order chi connectivity index (χ1) is 9.61. The predicted octanol–water partition coefficient (Wildman–Crippen LogP) is 3.46. The molecule has 0 spiro atoms. The fraction of sp³-hybridized carbons (Fsp3) is 0.154. The van der Waals surface area contributed by atoms with Gasteiger partial charge in [0.1, 0.15) is 5.69 Å². The minimum absolute atomic E-state index is 0.197. The molecular formula is C13H12N4OS2. The normalized spacial score (nSPS) is 10.7.